The summed E-state index contributed by atoms with van der Waals surface area (Å²) in [5.74, 6) is -0.243. The monoisotopic (exact) mass is 359 g/mol. The molecule has 1 aliphatic rings. The standard InChI is InChI=1S/C18H18FN3O4/c19-14-2-1-3-17(12-14)26-13-18(23)21-10-8-20(9-11-21)15-4-6-16(7-5-15)22(24)25/h1-7,12H,8-11,13H2. The van der Waals surface area contributed by atoms with E-state index in [1.165, 1.54) is 30.3 Å². The number of piperazine rings is 1. The molecule has 1 saturated heterocycles. The van der Waals surface area contributed by atoms with Gasteiger partial charge in [-0.3, -0.25) is 14.9 Å². The summed E-state index contributed by atoms with van der Waals surface area (Å²) in [4.78, 5) is 26.3. The molecule has 1 aliphatic heterocycles. The number of rotatable bonds is 5. The van der Waals surface area contributed by atoms with Crippen LogP contribution in [0.15, 0.2) is 48.5 Å². The average molecular weight is 359 g/mol. The topological polar surface area (TPSA) is 75.9 Å². The zero-order chi connectivity index (χ0) is 18.5. The lowest BCUT2D eigenvalue weighted by molar-refractivity contribution is -0.384. The Morgan fingerprint density at radius 3 is 2.42 bits per heavy atom. The number of carbonyl (C=O) groups is 1. The maximum atomic E-state index is 13.1. The van der Waals surface area contributed by atoms with Crippen LogP contribution in [0.3, 0.4) is 0 Å². The van der Waals surface area contributed by atoms with Gasteiger partial charge in [0.05, 0.1) is 4.92 Å². The van der Waals surface area contributed by atoms with E-state index < -0.39 is 10.7 Å². The number of carbonyl (C=O) groups excluding carboxylic acids is 1. The molecule has 2 aromatic carbocycles. The third kappa shape index (κ3) is 4.27. The van der Waals surface area contributed by atoms with Crippen LogP contribution in [0, 0.1) is 15.9 Å². The molecule has 2 aromatic rings. The summed E-state index contributed by atoms with van der Waals surface area (Å²) in [6, 6.07) is 12.0. The van der Waals surface area contributed by atoms with Gasteiger partial charge in [0.2, 0.25) is 0 Å². The Morgan fingerprint density at radius 2 is 1.81 bits per heavy atom. The maximum absolute atomic E-state index is 13.1. The van der Waals surface area contributed by atoms with Gasteiger partial charge in [-0.05, 0) is 24.3 Å². The van der Waals surface area contributed by atoms with E-state index in [1.807, 2.05) is 0 Å². The minimum Gasteiger partial charge on any atom is -0.484 e. The largest absolute Gasteiger partial charge is 0.484 e. The van der Waals surface area contributed by atoms with E-state index in [0.29, 0.717) is 31.9 Å². The second-order valence-corrected chi connectivity index (χ2v) is 5.89. The fourth-order valence-corrected chi connectivity index (χ4v) is 2.79. The Balaban J connectivity index is 1.49. The maximum Gasteiger partial charge on any atom is 0.269 e. The first kappa shape index (κ1) is 17.7. The van der Waals surface area contributed by atoms with Gasteiger partial charge in [-0.2, -0.15) is 0 Å². The van der Waals surface area contributed by atoms with E-state index in [0.717, 1.165) is 5.69 Å². The van der Waals surface area contributed by atoms with E-state index in [2.05, 4.69) is 4.90 Å². The lowest BCUT2D eigenvalue weighted by Gasteiger charge is -2.36. The zero-order valence-electron chi connectivity index (χ0n) is 14.0. The van der Waals surface area contributed by atoms with Crippen molar-refractivity contribution in [2.24, 2.45) is 0 Å². The summed E-state index contributed by atoms with van der Waals surface area (Å²) in [5.41, 5.74) is 0.941. The van der Waals surface area contributed by atoms with Gasteiger partial charge in [-0.15, -0.1) is 0 Å². The molecule has 0 spiro atoms. The van der Waals surface area contributed by atoms with Crippen LogP contribution in [0.5, 0.6) is 5.75 Å². The number of amides is 1. The van der Waals surface area contributed by atoms with Gasteiger partial charge in [-0.1, -0.05) is 6.07 Å². The number of nitrogens with zero attached hydrogens (tertiary/aromatic N) is 3. The smallest absolute Gasteiger partial charge is 0.269 e. The molecule has 3 rings (SSSR count). The van der Waals surface area contributed by atoms with Crippen LogP contribution in [0.25, 0.3) is 0 Å². The van der Waals surface area contributed by atoms with Crippen LogP contribution in [-0.2, 0) is 4.79 Å². The highest BCUT2D eigenvalue weighted by molar-refractivity contribution is 5.78. The highest BCUT2D eigenvalue weighted by atomic mass is 19.1. The fourth-order valence-electron chi connectivity index (χ4n) is 2.79. The van der Waals surface area contributed by atoms with E-state index in [-0.39, 0.29) is 18.2 Å². The molecule has 0 radical (unpaired) electrons. The van der Waals surface area contributed by atoms with Crippen molar-refractivity contribution < 1.29 is 18.8 Å². The molecule has 136 valence electrons. The average Bonchev–Trinajstić information content (AvgIpc) is 2.66. The van der Waals surface area contributed by atoms with E-state index >= 15 is 0 Å². The van der Waals surface area contributed by atoms with Crippen molar-refractivity contribution in [1.29, 1.82) is 0 Å². The normalized spacial score (nSPS) is 14.2. The molecule has 26 heavy (non-hydrogen) atoms. The van der Waals surface area contributed by atoms with Crippen LogP contribution in [0.1, 0.15) is 0 Å². The summed E-state index contributed by atoms with van der Waals surface area (Å²) in [6.07, 6.45) is 0. The third-order valence-electron chi connectivity index (χ3n) is 4.22. The summed E-state index contributed by atoms with van der Waals surface area (Å²) in [5, 5.41) is 10.7. The molecule has 0 saturated carbocycles. The summed E-state index contributed by atoms with van der Waals surface area (Å²) in [7, 11) is 0. The van der Waals surface area contributed by atoms with Crippen molar-refractivity contribution in [1.82, 2.24) is 4.90 Å². The Morgan fingerprint density at radius 1 is 1.12 bits per heavy atom. The number of hydrogen-bond donors (Lipinski definition) is 0. The van der Waals surface area contributed by atoms with Gasteiger partial charge in [-0.25, -0.2) is 4.39 Å². The van der Waals surface area contributed by atoms with E-state index in [9.17, 15) is 19.3 Å². The Labute approximate surface area is 149 Å². The highest BCUT2D eigenvalue weighted by Crippen LogP contribution is 2.20. The van der Waals surface area contributed by atoms with E-state index in [4.69, 9.17) is 4.74 Å². The number of hydrogen-bond acceptors (Lipinski definition) is 5. The number of ether oxygens (including phenoxy) is 1. The molecule has 1 fully saturated rings. The van der Waals surface area contributed by atoms with Gasteiger partial charge in [0.15, 0.2) is 6.61 Å². The second kappa shape index (κ2) is 7.81. The first-order valence-corrected chi connectivity index (χ1v) is 8.18. The number of anilines is 1. The number of nitro groups is 1. The van der Waals surface area contributed by atoms with Crippen LogP contribution in [0.2, 0.25) is 0 Å². The van der Waals surface area contributed by atoms with Crippen molar-refractivity contribution in [2.75, 3.05) is 37.7 Å². The molecule has 0 aliphatic carbocycles. The summed E-state index contributed by atoms with van der Waals surface area (Å²) >= 11 is 0. The van der Waals surface area contributed by atoms with Crippen molar-refractivity contribution in [3.63, 3.8) is 0 Å². The predicted octanol–water partition coefficient (Wildman–Crippen LogP) is 2.46. The SMILES string of the molecule is O=C(COc1cccc(F)c1)N1CCN(c2ccc([N+](=O)[O-])cc2)CC1. The molecule has 0 aromatic heterocycles. The molecule has 0 unspecified atom stereocenters. The summed E-state index contributed by atoms with van der Waals surface area (Å²) < 4.78 is 18.4. The van der Waals surface area contributed by atoms with Crippen LogP contribution < -0.4 is 9.64 Å². The number of nitro benzene ring substituents is 1. The molecule has 1 amide bonds. The van der Waals surface area contributed by atoms with Gasteiger partial charge in [0.25, 0.3) is 11.6 Å². The minimum absolute atomic E-state index is 0.0528. The first-order valence-electron chi connectivity index (χ1n) is 8.18. The van der Waals surface area contributed by atoms with Gasteiger partial charge in [0, 0.05) is 50.1 Å². The van der Waals surface area contributed by atoms with Gasteiger partial charge in [0.1, 0.15) is 11.6 Å². The predicted molar refractivity (Wildman–Crippen MR) is 93.8 cm³/mol. The number of benzene rings is 2. The van der Waals surface area contributed by atoms with Gasteiger partial charge >= 0.3 is 0 Å². The lowest BCUT2D eigenvalue weighted by atomic mass is 10.2. The molecule has 0 atom stereocenters. The first-order chi connectivity index (χ1) is 12.5. The molecule has 1 heterocycles. The van der Waals surface area contributed by atoms with Crippen molar-refractivity contribution in [2.45, 2.75) is 0 Å². The van der Waals surface area contributed by atoms with Gasteiger partial charge < -0.3 is 14.5 Å². The van der Waals surface area contributed by atoms with Crippen LogP contribution >= 0.6 is 0 Å². The third-order valence-corrected chi connectivity index (χ3v) is 4.22. The lowest BCUT2D eigenvalue weighted by Crippen LogP contribution is -2.50. The molecule has 0 N–H and O–H groups in total. The van der Waals surface area contributed by atoms with E-state index in [1.54, 1.807) is 23.1 Å². The van der Waals surface area contributed by atoms with Crippen molar-refractivity contribution in [3.8, 4) is 5.75 Å². The Kier molecular flexibility index (Phi) is 5.31. The number of halogens is 1. The summed E-state index contributed by atoms with van der Waals surface area (Å²) in [6.45, 7) is 2.18. The molecule has 7 nitrogen and oxygen atoms in total. The molecular formula is C18H18FN3O4. The Bertz CT molecular complexity index is 789. The van der Waals surface area contributed by atoms with Crippen molar-refractivity contribution in [3.05, 3.63) is 64.5 Å². The Hall–Kier alpha value is -3.16. The fraction of sp³-hybridized carbons (Fsp3) is 0.278. The molecule has 8 heteroatoms. The highest BCUT2D eigenvalue weighted by Gasteiger charge is 2.22. The zero-order valence-corrected chi connectivity index (χ0v) is 14.0. The van der Waals surface area contributed by atoms with Crippen LogP contribution in [0.4, 0.5) is 15.8 Å². The number of non-ortho nitro benzene ring substituents is 1. The van der Waals surface area contributed by atoms with Crippen molar-refractivity contribution >= 4 is 17.3 Å². The quantitative estimate of drug-likeness (QED) is 0.605. The molecule has 0 bridgehead atoms. The second-order valence-electron chi connectivity index (χ2n) is 5.89. The molecular weight excluding hydrogens is 341 g/mol. The minimum atomic E-state index is -0.432. The van der Waals surface area contributed by atoms with Crippen LogP contribution in [-0.4, -0.2) is 48.5 Å².